The first-order valence-electron chi connectivity index (χ1n) is 8.92. The number of hydrogen-bond acceptors (Lipinski definition) is 2. The summed E-state index contributed by atoms with van der Waals surface area (Å²) in [4.78, 5) is 13.8. The summed E-state index contributed by atoms with van der Waals surface area (Å²) in [6, 6.07) is 18.1. The molecule has 0 aliphatic heterocycles. The summed E-state index contributed by atoms with van der Waals surface area (Å²) in [5.74, 6) is -0.102. The van der Waals surface area contributed by atoms with E-state index in [0.29, 0.717) is 4.88 Å². The maximum Gasteiger partial charge on any atom is 0.267 e. The Morgan fingerprint density at radius 1 is 1.04 bits per heavy atom. The molecule has 0 aliphatic carbocycles. The molecule has 4 rings (SSSR count). The number of nitrogens with zero attached hydrogens (tertiary/aromatic N) is 1. The van der Waals surface area contributed by atoms with Crippen molar-refractivity contribution in [1.82, 2.24) is 4.57 Å². The van der Waals surface area contributed by atoms with Crippen LogP contribution in [0.5, 0.6) is 0 Å². The fraction of sp³-hybridized carbons (Fsp3) is 0.0870. The number of aryl methyl sites for hydroxylation is 2. The minimum absolute atomic E-state index is 0.102. The van der Waals surface area contributed by atoms with Crippen LogP contribution >= 0.6 is 27.3 Å². The van der Waals surface area contributed by atoms with Crippen LogP contribution in [0.15, 0.2) is 76.8 Å². The van der Waals surface area contributed by atoms with Crippen LogP contribution in [-0.4, -0.2) is 10.5 Å². The van der Waals surface area contributed by atoms with Crippen molar-refractivity contribution in [2.45, 2.75) is 13.8 Å². The third-order valence-corrected chi connectivity index (χ3v) is 6.44. The van der Waals surface area contributed by atoms with E-state index in [2.05, 4.69) is 51.7 Å². The van der Waals surface area contributed by atoms with Crippen molar-refractivity contribution in [3.8, 4) is 16.8 Å². The number of hydrogen-bond donors (Lipinski definition) is 1. The summed E-state index contributed by atoms with van der Waals surface area (Å²) < 4.78 is 3.03. The molecular weight excluding hydrogens is 432 g/mol. The Morgan fingerprint density at radius 3 is 2.54 bits per heavy atom. The van der Waals surface area contributed by atoms with E-state index >= 15 is 0 Å². The monoisotopic (exact) mass is 450 g/mol. The number of aromatic nitrogens is 1. The van der Waals surface area contributed by atoms with Crippen LogP contribution in [0.2, 0.25) is 0 Å². The van der Waals surface area contributed by atoms with Gasteiger partial charge < -0.3 is 9.88 Å². The first-order chi connectivity index (χ1) is 13.5. The Bertz CT molecular complexity index is 1150. The lowest BCUT2D eigenvalue weighted by molar-refractivity contribution is 0.103. The third-order valence-electron chi connectivity index (χ3n) is 4.58. The van der Waals surface area contributed by atoms with Gasteiger partial charge in [-0.25, -0.2) is 0 Å². The maximum atomic E-state index is 13.1. The Kier molecular flexibility index (Phi) is 5.20. The quantitative estimate of drug-likeness (QED) is 0.362. The van der Waals surface area contributed by atoms with E-state index < -0.39 is 0 Å². The normalized spacial score (nSPS) is 10.8. The molecule has 0 radical (unpaired) electrons. The lowest BCUT2D eigenvalue weighted by atomic mass is 10.0. The Balaban J connectivity index is 1.76. The molecule has 0 fully saturated rings. The lowest BCUT2D eigenvalue weighted by Gasteiger charge is -2.11. The topological polar surface area (TPSA) is 34.0 Å². The van der Waals surface area contributed by atoms with Gasteiger partial charge in [-0.2, -0.15) is 0 Å². The van der Waals surface area contributed by atoms with E-state index in [4.69, 9.17) is 0 Å². The summed E-state index contributed by atoms with van der Waals surface area (Å²) >= 11 is 4.97. The predicted molar refractivity (Wildman–Crippen MR) is 121 cm³/mol. The van der Waals surface area contributed by atoms with Gasteiger partial charge >= 0.3 is 0 Å². The van der Waals surface area contributed by atoms with E-state index in [0.717, 1.165) is 32.5 Å². The molecule has 28 heavy (non-hydrogen) atoms. The van der Waals surface area contributed by atoms with Gasteiger partial charge in [-0.15, -0.1) is 11.3 Å². The summed E-state index contributed by atoms with van der Waals surface area (Å²) in [5, 5.41) is 5.10. The average Bonchev–Trinajstić information content (AvgIpc) is 3.33. The van der Waals surface area contributed by atoms with Crippen molar-refractivity contribution < 1.29 is 4.79 Å². The largest absolute Gasteiger partial charge is 0.322 e. The van der Waals surface area contributed by atoms with Crippen molar-refractivity contribution in [2.75, 3.05) is 5.32 Å². The van der Waals surface area contributed by atoms with Crippen molar-refractivity contribution >= 4 is 38.9 Å². The Hall–Kier alpha value is -2.63. The van der Waals surface area contributed by atoms with E-state index in [1.807, 2.05) is 60.3 Å². The Morgan fingerprint density at radius 2 is 1.82 bits per heavy atom. The smallest absolute Gasteiger partial charge is 0.267 e. The number of amides is 1. The van der Waals surface area contributed by atoms with Crippen LogP contribution in [-0.2, 0) is 0 Å². The van der Waals surface area contributed by atoms with Crippen LogP contribution < -0.4 is 5.32 Å². The van der Waals surface area contributed by atoms with Crippen molar-refractivity contribution in [3.05, 3.63) is 92.8 Å². The first kappa shape index (κ1) is 18.7. The highest BCUT2D eigenvalue weighted by atomic mass is 79.9. The van der Waals surface area contributed by atoms with E-state index in [-0.39, 0.29) is 5.91 Å². The second-order valence-electron chi connectivity index (χ2n) is 6.70. The van der Waals surface area contributed by atoms with Gasteiger partial charge in [0.15, 0.2) is 0 Å². The number of rotatable bonds is 4. The van der Waals surface area contributed by atoms with E-state index in [1.54, 1.807) is 0 Å². The van der Waals surface area contributed by atoms with Crippen LogP contribution in [0.3, 0.4) is 0 Å². The zero-order valence-corrected chi connectivity index (χ0v) is 18.0. The molecular formula is C23H19BrN2OS. The van der Waals surface area contributed by atoms with Gasteiger partial charge in [-0.3, -0.25) is 4.79 Å². The van der Waals surface area contributed by atoms with Crippen molar-refractivity contribution in [1.29, 1.82) is 0 Å². The SMILES string of the molecule is Cc1cccc(-c2csc(C(=O)Nc3ccc(Br)c(C)c3)c2-n2cccc2)c1. The van der Waals surface area contributed by atoms with Gasteiger partial charge in [-0.1, -0.05) is 45.8 Å². The van der Waals surface area contributed by atoms with Crippen LogP contribution in [0, 0.1) is 13.8 Å². The molecule has 0 atom stereocenters. The fourth-order valence-electron chi connectivity index (χ4n) is 3.18. The Labute approximate surface area is 176 Å². The van der Waals surface area contributed by atoms with Gasteiger partial charge in [0, 0.05) is 33.5 Å². The molecule has 140 valence electrons. The maximum absolute atomic E-state index is 13.1. The molecule has 0 unspecified atom stereocenters. The number of nitrogens with one attached hydrogen (secondary N) is 1. The van der Waals surface area contributed by atoms with Gasteiger partial charge in [0.05, 0.1) is 5.69 Å². The van der Waals surface area contributed by atoms with Gasteiger partial charge in [0.2, 0.25) is 0 Å². The summed E-state index contributed by atoms with van der Waals surface area (Å²) in [6.45, 7) is 4.08. The highest BCUT2D eigenvalue weighted by Crippen LogP contribution is 2.36. The standard InChI is InChI=1S/C23H19BrN2OS/c1-15-6-5-7-17(12-15)19-14-28-22(21(19)26-10-3-4-11-26)23(27)25-18-8-9-20(24)16(2)13-18/h3-14H,1-2H3,(H,25,27). The molecule has 1 N–H and O–H groups in total. The highest BCUT2D eigenvalue weighted by Gasteiger charge is 2.20. The van der Waals surface area contributed by atoms with Crippen molar-refractivity contribution in [2.24, 2.45) is 0 Å². The molecule has 3 nitrogen and oxygen atoms in total. The predicted octanol–water partition coefficient (Wildman–Crippen LogP) is 6.84. The summed E-state index contributed by atoms with van der Waals surface area (Å²) in [6.07, 6.45) is 3.95. The van der Waals surface area contributed by atoms with Crippen molar-refractivity contribution in [3.63, 3.8) is 0 Å². The average molecular weight is 451 g/mol. The van der Waals surface area contributed by atoms with Gasteiger partial charge in [0.1, 0.15) is 4.88 Å². The molecule has 2 aromatic heterocycles. The second-order valence-corrected chi connectivity index (χ2v) is 8.44. The number of benzene rings is 2. The van der Waals surface area contributed by atoms with Crippen LogP contribution in [0.25, 0.3) is 16.8 Å². The molecule has 1 amide bonds. The molecule has 0 bridgehead atoms. The van der Waals surface area contributed by atoms with Crippen LogP contribution in [0.4, 0.5) is 5.69 Å². The lowest BCUT2D eigenvalue weighted by Crippen LogP contribution is -2.13. The van der Waals surface area contributed by atoms with Gasteiger partial charge in [0.25, 0.3) is 5.91 Å². The molecule has 0 spiro atoms. The molecule has 0 saturated heterocycles. The molecule has 5 heteroatoms. The van der Waals surface area contributed by atoms with Gasteiger partial charge in [-0.05, 0) is 55.3 Å². The zero-order valence-electron chi connectivity index (χ0n) is 15.6. The molecule has 0 saturated carbocycles. The number of carbonyl (C=O) groups is 1. The second kappa shape index (κ2) is 7.78. The zero-order chi connectivity index (χ0) is 19.7. The number of halogens is 1. The summed E-state index contributed by atoms with van der Waals surface area (Å²) in [5.41, 5.74) is 6.13. The van der Waals surface area contributed by atoms with E-state index in [9.17, 15) is 4.79 Å². The van der Waals surface area contributed by atoms with E-state index in [1.165, 1.54) is 16.9 Å². The molecule has 2 heterocycles. The molecule has 2 aromatic carbocycles. The summed E-state index contributed by atoms with van der Waals surface area (Å²) in [7, 11) is 0. The highest BCUT2D eigenvalue weighted by molar-refractivity contribution is 9.10. The number of anilines is 1. The third kappa shape index (κ3) is 3.68. The first-order valence-corrected chi connectivity index (χ1v) is 10.6. The minimum atomic E-state index is -0.102. The minimum Gasteiger partial charge on any atom is -0.322 e. The fourth-order valence-corrected chi connectivity index (χ4v) is 4.40. The van der Waals surface area contributed by atoms with Crippen LogP contribution in [0.1, 0.15) is 20.8 Å². The molecule has 4 aromatic rings. The number of carbonyl (C=O) groups excluding carboxylic acids is 1. The number of thiophene rings is 1. The molecule has 0 aliphatic rings.